The Hall–Kier alpha value is -1.06. The molecular weight excluding hydrogens is 224 g/mol. The summed E-state index contributed by atoms with van der Waals surface area (Å²) in [4.78, 5) is 0. The maximum atomic E-state index is 9.23. The smallest absolute Gasteiger partial charge is 0.0494 e. The topological polar surface area (TPSA) is 44.3 Å². The number of aryl methyl sites for hydroxylation is 1. The Kier molecular flexibility index (Phi) is 4.25. The number of aliphatic hydroxyl groups excluding tert-OH is 1. The summed E-state index contributed by atoms with van der Waals surface area (Å²) >= 11 is 0. The maximum absolute atomic E-state index is 9.23. The maximum Gasteiger partial charge on any atom is 0.0494 e. The third kappa shape index (κ3) is 3.24. The van der Waals surface area contributed by atoms with Gasteiger partial charge in [-0.2, -0.15) is 0 Å². The standard InChI is InChI=1S/C15H24N2O/c1-15(2,11-18)10-16-9-13-6-3-5-12-7-4-8-17-14(12)13/h3,5-6,16-18H,4,7-11H2,1-2H3. The summed E-state index contributed by atoms with van der Waals surface area (Å²) in [7, 11) is 0. The largest absolute Gasteiger partial charge is 0.396 e. The van der Waals surface area contributed by atoms with Gasteiger partial charge in [-0.3, -0.25) is 0 Å². The molecular formula is C15H24N2O. The molecule has 0 saturated heterocycles. The van der Waals surface area contributed by atoms with Crippen molar-refractivity contribution < 1.29 is 5.11 Å². The van der Waals surface area contributed by atoms with Gasteiger partial charge in [0.05, 0.1) is 0 Å². The SMILES string of the molecule is CC(C)(CO)CNCc1cccc2c1NCCC2. The molecule has 1 aromatic carbocycles. The number of benzene rings is 1. The first-order chi connectivity index (χ1) is 8.62. The van der Waals surface area contributed by atoms with E-state index in [1.807, 2.05) is 0 Å². The molecule has 0 fully saturated rings. The molecule has 0 amide bonds. The number of nitrogens with one attached hydrogen (secondary N) is 2. The summed E-state index contributed by atoms with van der Waals surface area (Å²) in [5.41, 5.74) is 4.03. The van der Waals surface area contributed by atoms with Crippen molar-refractivity contribution in [3.05, 3.63) is 29.3 Å². The summed E-state index contributed by atoms with van der Waals surface area (Å²) in [5.74, 6) is 0. The Bertz CT molecular complexity index is 401. The van der Waals surface area contributed by atoms with Gasteiger partial charge < -0.3 is 15.7 Å². The molecule has 0 saturated carbocycles. The molecule has 0 radical (unpaired) electrons. The van der Waals surface area contributed by atoms with Gasteiger partial charge in [0.2, 0.25) is 0 Å². The number of rotatable bonds is 5. The number of para-hydroxylation sites is 1. The molecule has 1 aliphatic rings. The van der Waals surface area contributed by atoms with Crippen LogP contribution in [0, 0.1) is 5.41 Å². The monoisotopic (exact) mass is 248 g/mol. The van der Waals surface area contributed by atoms with Crippen LogP contribution in [0.5, 0.6) is 0 Å². The van der Waals surface area contributed by atoms with Crippen molar-refractivity contribution >= 4 is 5.69 Å². The number of hydrogen-bond acceptors (Lipinski definition) is 3. The summed E-state index contributed by atoms with van der Waals surface area (Å²) < 4.78 is 0. The Balaban J connectivity index is 1.97. The quantitative estimate of drug-likeness (QED) is 0.748. The number of aliphatic hydroxyl groups is 1. The summed E-state index contributed by atoms with van der Waals surface area (Å²) in [5, 5.41) is 16.2. The van der Waals surface area contributed by atoms with Crippen molar-refractivity contribution in [3.8, 4) is 0 Å². The first-order valence-electron chi connectivity index (χ1n) is 6.79. The molecule has 0 unspecified atom stereocenters. The fourth-order valence-electron chi connectivity index (χ4n) is 2.32. The number of hydrogen-bond donors (Lipinski definition) is 3. The Morgan fingerprint density at radius 2 is 2.22 bits per heavy atom. The highest BCUT2D eigenvalue weighted by Crippen LogP contribution is 2.26. The van der Waals surface area contributed by atoms with Gasteiger partial charge in [-0.25, -0.2) is 0 Å². The second-order valence-electron chi connectivity index (χ2n) is 5.91. The molecule has 1 aliphatic heterocycles. The van der Waals surface area contributed by atoms with Crippen LogP contribution in [0.25, 0.3) is 0 Å². The van der Waals surface area contributed by atoms with E-state index in [0.29, 0.717) is 0 Å². The molecule has 3 heteroatoms. The van der Waals surface area contributed by atoms with E-state index < -0.39 is 0 Å². The van der Waals surface area contributed by atoms with Crippen molar-refractivity contribution in [3.63, 3.8) is 0 Å². The zero-order valence-electron chi connectivity index (χ0n) is 11.4. The molecule has 18 heavy (non-hydrogen) atoms. The lowest BCUT2D eigenvalue weighted by Gasteiger charge is -2.24. The molecule has 0 atom stereocenters. The molecule has 100 valence electrons. The normalized spacial score (nSPS) is 15.1. The molecule has 1 aromatic rings. The van der Waals surface area contributed by atoms with Crippen molar-refractivity contribution in [2.45, 2.75) is 33.2 Å². The van der Waals surface area contributed by atoms with Crippen LogP contribution < -0.4 is 10.6 Å². The highest BCUT2D eigenvalue weighted by molar-refractivity contribution is 5.59. The van der Waals surface area contributed by atoms with Gasteiger partial charge in [-0.1, -0.05) is 32.0 Å². The van der Waals surface area contributed by atoms with Crippen LogP contribution in [-0.4, -0.2) is 24.8 Å². The van der Waals surface area contributed by atoms with Gasteiger partial charge in [-0.05, 0) is 24.0 Å². The molecule has 2 rings (SSSR count). The molecule has 0 bridgehead atoms. The second-order valence-corrected chi connectivity index (χ2v) is 5.91. The van der Waals surface area contributed by atoms with E-state index in [4.69, 9.17) is 0 Å². The van der Waals surface area contributed by atoms with Gasteiger partial charge in [-0.15, -0.1) is 0 Å². The van der Waals surface area contributed by atoms with E-state index in [2.05, 4.69) is 42.7 Å². The van der Waals surface area contributed by atoms with Crippen LogP contribution in [0.2, 0.25) is 0 Å². The van der Waals surface area contributed by atoms with Crippen LogP contribution in [0.1, 0.15) is 31.4 Å². The molecule has 3 nitrogen and oxygen atoms in total. The van der Waals surface area contributed by atoms with Crippen molar-refractivity contribution in [2.24, 2.45) is 5.41 Å². The lowest BCUT2D eigenvalue weighted by atomic mass is 9.94. The first kappa shape index (κ1) is 13.4. The van der Waals surface area contributed by atoms with Crippen LogP contribution >= 0.6 is 0 Å². The fourth-order valence-corrected chi connectivity index (χ4v) is 2.32. The minimum atomic E-state index is -0.0533. The minimum Gasteiger partial charge on any atom is -0.396 e. The van der Waals surface area contributed by atoms with Crippen LogP contribution in [0.3, 0.4) is 0 Å². The molecule has 3 N–H and O–H groups in total. The van der Waals surface area contributed by atoms with Crippen molar-refractivity contribution in [1.82, 2.24) is 5.32 Å². The van der Waals surface area contributed by atoms with Gasteiger partial charge in [0.25, 0.3) is 0 Å². The molecule has 0 spiro atoms. The highest BCUT2D eigenvalue weighted by Gasteiger charge is 2.16. The van der Waals surface area contributed by atoms with E-state index in [9.17, 15) is 5.11 Å². The lowest BCUT2D eigenvalue weighted by Crippen LogP contribution is -2.32. The van der Waals surface area contributed by atoms with Gasteiger partial charge in [0.1, 0.15) is 0 Å². The Labute approximate surface area is 110 Å². The second kappa shape index (κ2) is 5.72. The predicted octanol–water partition coefficient (Wildman–Crippen LogP) is 2.15. The molecule has 1 heterocycles. The molecule has 0 aliphatic carbocycles. The van der Waals surface area contributed by atoms with E-state index in [1.165, 1.54) is 29.7 Å². The highest BCUT2D eigenvalue weighted by atomic mass is 16.3. The number of anilines is 1. The summed E-state index contributed by atoms with van der Waals surface area (Å²) in [6, 6.07) is 6.53. The van der Waals surface area contributed by atoms with E-state index in [0.717, 1.165) is 19.6 Å². The van der Waals surface area contributed by atoms with Crippen LogP contribution in [0.4, 0.5) is 5.69 Å². The zero-order chi connectivity index (χ0) is 13.0. The Morgan fingerprint density at radius 3 is 3.00 bits per heavy atom. The third-order valence-electron chi connectivity index (χ3n) is 3.51. The van der Waals surface area contributed by atoms with Crippen LogP contribution in [-0.2, 0) is 13.0 Å². The first-order valence-corrected chi connectivity index (χ1v) is 6.79. The van der Waals surface area contributed by atoms with E-state index in [-0.39, 0.29) is 12.0 Å². The van der Waals surface area contributed by atoms with Gasteiger partial charge >= 0.3 is 0 Å². The van der Waals surface area contributed by atoms with E-state index in [1.54, 1.807) is 0 Å². The fraction of sp³-hybridized carbons (Fsp3) is 0.600. The average Bonchev–Trinajstić information content (AvgIpc) is 2.39. The van der Waals surface area contributed by atoms with Gasteiger partial charge in [0.15, 0.2) is 0 Å². The number of fused-ring (bicyclic) bond motifs is 1. The van der Waals surface area contributed by atoms with Crippen molar-refractivity contribution in [2.75, 3.05) is 25.0 Å². The van der Waals surface area contributed by atoms with E-state index >= 15 is 0 Å². The molecule has 0 aromatic heterocycles. The average molecular weight is 248 g/mol. The van der Waals surface area contributed by atoms with Crippen molar-refractivity contribution in [1.29, 1.82) is 0 Å². The lowest BCUT2D eigenvalue weighted by molar-refractivity contribution is 0.156. The summed E-state index contributed by atoms with van der Waals surface area (Å²) in [6.07, 6.45) is 2.40. The predicted molar refractivity (Wildman–Crippen MR) is 75.8 cm³/mol. The zero-order valence-corrected chi connectivity index (χ0v) is 11.4. The minimum absolute atomic E-state index is 0.0533. The van der Waals surface area contributed by atoms with Gasteiger partial charge in [0, 0.05) is 37.3 Å². The third-order valence-corrected chi connectivity index (χ3v) is 3.51. The Morgan fingerprint density at radius 1 is 1.39 bits per heavy atom. The summed E-state index contributed by atoms with van der Waals surface area (Å²) in [6.45, 7) is 7.11. The van der Waals surface area contributed by atoms with Crippen LogP contribution in [0.15, 0.2) is 18.2 Å².